The SMILES string of the molecule is C.CC1(C)O[C@H]2[C@H](CS[C@@H]2CO[Si](C)(C)C(C)(C)C)O1.CC[C@@H]1[C@H]2OC(C)(C)O[C@H]2C[S@@]1=O. The highest BCUT2D eigenvalue weighted by molar-refractivity contribution is 8.00. The Morgan fingerprint density at radius 2 is 1.55 bits per heavy atom. The van der Waals surface area contributed by atoms with Crippen LogP contribution in [0, 0.1) is 0 Å². The molecule has 0 saturated carbocycles. The zero-order valence-corrected chi connectivity index (χ0v) is 24.2. The molecule has 4 rings (SSSR count). The van der Waals surface area contributed by atoms with Gasteiger partial charge in [0, 0.05) is 23.2 Å². The van der Waals surface area contributed by atoms with Gasteiger partial charge >= 0.3 is 0 Å². The van der Waals surface area contributed by atoms with Crippen molar-refractivity contribution in [2.75, 3.05) is 18.1 Å². The Morgan fingerprint density at radius 1 is 1.00 bits per heavy atom. The van der Waals surface area contributed by atoms with Gasteiger partial charge in [0.15, 0.2) is 19.9 Å². The summed E-state index contributed by atoms with van der Waals surface area (Å²) in [4.78, 5) is 0. The number of rotatable bonds is 4. The second-order valence-corrected chi connectivity index (χ2v) is 19.5. The molecule has 0 aromatic heterocycles. The van der Waals surface area contributed by atoms with Crippen molar-refractivity contribution in [1.82, 2.24) is 0 Å². The van der Waals surface area contributed by atoms with Crippen LogP contribution in [0.2, 0.25) is 18.1 Å². The Labute approximate surface area is 210 Å². The van der Waals surface area contributed by atoms with Crippen molar-refractivity contribution in [2.45, 2.75) is 134 Å². The maximum absolute atomic E-state index is 11.6. The predicted molar refractivity (Wildman–Crippen MR) is 141 cm³/mol. The first-order valence-corrected chi connectivity index (χ1v) is 17.2. The summed E-state index contributed by atoms with van der Waals surface area (Å²) in [7, 11) is -2.41. The van der Waals surface area contributed by atoms with Crippen LogP contribution in [-0.2, 0) is 34.2 Å². The Balaban J connectivity index is 0.000000241. The van der Waals surface area contributed by atoms with Gasteiger partial charge < -0.3 is 23.4 Å². The first-order chi connectivity index (χ1) is 14.6. The molecule has 9 heteroatoms. The molecule has 196 valence electrons. The van der Waals surface area contributed by atoms with Gasteiger partial charge in [0.2, 0.25) is 0 Å². The molecule has 7 atom stereocenters. The monoisotopic (exact) mass is 524 g/mol. The topological polar surface area (TPSA) is 63.2 Å². The van der Waals surface area contributed by atoms with Crippen LogP contribution in [-0.4, -0.2) is 77.1 Å². The van der Waals surface area contributed by atoms with Crippen molar-refractivity contribution < 1.29 is 27.6 Å². The van der Waals surface area contributed by atoms with E-state index in [2.05, 4.69) is 40.8 Å². The highest BCUT2D eigenvalue weighted by Gasteiger charge is 2.52. The number of ether oxygens (including phenoxy) is 4. The van der Waals surface area contributed by atoms with E-state index in [9.17, 15) is 4.21 Å². The predicted octanol–water partition coefficient (Wildman–Crippen LogP) is 5.33. The molecule has 0 aliphatic carbocycles. The smallest absolute Gasteiger partial charge is 0.192 e. The van der Waals surface area contributed by atoms with Gasteiger partial charge in [-0.25, -0.2) is 0 Å². The van der Waals surface area contributed by atoms with Gasteiger partial charge in [-0.1, -0.05) is 35.1 Å². The molecule has 0 N–H and O–H groups in total. The van der Waals surface area contributed by atoms with Crippen molar-refractivity contribution in [3.63, 3.8) is 0 Å². The fraction of sp³-hybridized carbons (Fsp3) is 1.00. The summed E-state index contributed by atoms with van der Waals surface area (Å²) in [5.74, 6) is 0.769. The van der Waals surface area contributed by atoms with Crippen LogP contribution in [0.3, 0.4) is 0 Å². The third-order valence-electron chi connectivity index (χ3n) is 7.13. The van der Waals surface area contributed by atoms with E-state index in [4.69, 9.17) is 23.4 Å². The number of fused-ring (bicyclic) bond motifs is 2. The number of hydrogen-bond acceptors (Lipinski definition) is 7. The Kier molecular flexibility index (Phi) is 9.45. The first-order valence-electron chi connectivity index (χ1n) is 11.9. The molecule has 0 spiro atoms. The average molecular weight is 525 g/mol. The lowest BCUT2D eigenvalue weighted by molar-refractivity contribution is -0.146. The van der Waals surface area contributed by atoms with Crippen molar-refractivity contribution in [1.29, 1.82) is 0 Å². The molecule has 0 unspecified atom stereocenters. The highest BCUT2D eigenvalue weighted by atomic mass is 32.2. The van der Waals surface area contributed by atoms with E-state index in [0.29, 0.717) is 11.0 Å². The molecule has 33 heavy (non-hydrogen) atoms. The summed E-state index contributed by atoms with van der Waals surface area (Å²) in [5.41, 5.74) is 0. The molecule has 4 aliphatic rings. The van der Waals surface area contributed by atoms with E-state index in [1.54, 1.807) is 0 Å². The van der Waals surface area contributed by atoms with Crippen molar-refractivity contribution in [2.24, 2.45) is 0 Å². The maximum Gasteiger partial charge on any atom is 0.192 e. The Hall–Kier alpha value is 0.517. The molecular weight excluding hydrogens is 476 g/mol. The normalized spacial score (nSPS) is 38.8. The third kappa shape index (κ3) is 6.84. The van der Waals surface area contributed by atoms with Crippen LogP contribution in [0.5, 0.6) is 0 Å². The standard InChI is InChI=1S/C14H28O3SSi.C9H16O3S.CH4/c1-13(2,3)19(6,7)15-8-11-12-10(9-18-11)16-14(4,5)17-12;1-4-7-8-6(5-13(7)10)11-9(2,3)12-8;/h10-12H,8-9H2,1-7H3;6-8H,4-5H2,1-3H3;1H4/t10-,11+,12-;6-,7+,8-,13-;/m00./s1. The molecule has 0 aromatic rings. The van der Waals surface area contributed by atoms with Crippen molar-refractivity contribution in [3.8, 4) is 0 Å². The third-order valence-corrected chi connectivity index (χ3v) is 14.9. The minimum Gasteiger partial charge on any atom is -0.416 e. The number of hydrogen-bond donors (Lipinski definition) is 0. The molecule has 0 radical (unpaired) electrons. The van der Waals surface area contributed by atoms with Gasteiger partial charge in [-0.05, 0) is 52.2 Å². The lowest BCUT2D eigenvalue weighted by Gasteiger charge is -2.37. The average Bonchev–Trinajstić information content (AvgIpc) is 3.29. The molecule has 4 fully saturated rings. The number of thioether (sulfide) groups is 1. The maximum atomic E-state index is 11.6. The van der Waals surface area contributed by atoms with E-state index in [1.165, 1.54) is 0 Å². The lowest BCUT2D eigenvalue weighted by Crippen LogP contribution is -2.43. The minimum absolute atomic E-state index is 0. The fourth-order valence-corrected chi connectivity index (χ4v) is 8.59. The van der Waals surface area contributed by atoms with Crippen molar-refractivity contribution >= 4 is 30.9 Å². The largest absolute Gasteiger partial charge is 0.416 e. The van der Waals surface area contributed by atoms with Gasteiger partial charge in [-0.15, -0.1) is 0 Å². The minimum atomic E-state index is -1.66. The van der Waals surface area contributed by atoms with Crippen LogP contribution in [0.25, 0.3) is 0 Å². The van der Waals surface area contributed by atoms with Gasteiger partial charge in [0.1, 0.15) is 12.2 Å². The molecule has 4 aliphatic heterocycles. The van der Waals surface area contributed by atoms with Gasteiger partial charge in [-0.3, -0.25) is 4.21 Å². The molecule has 4 saturated heterocycles. The van der Waals surface area contributed by atoms with Crippen LogP contribution in [0.1, 0.15) is 69.2 Å². The van der Waals surface area contributed by atoms with E-state index < -0.39 is 30.7 Å². The Morgan fingerprint density at radius 3 is 2.09 bits per heavy atom. The fourth-order valence-electron chi connectivity index (χ4n) is 4.43. The second kappa shape index (κ2) is 10.5. The molecule has 0 bridgehead atoms. The zero-order chi connectivity index (χ0) is 24.1. The molecule has 6 nitrogen and oxygen atoms in total. The molecule has 0 aromatic carbocycles. The van der Waals surface area contributed by atoms with Crippen molar-refractivity contribution in [3.05, 3.63) is 0 Å². The highest BCUT2D eigenvalue weighted by Crippen LogP contribution is 2.43. The summed E-state index contributed by atoms with van der Waals surface area (Å²) in [6.45, 7) is 22.1. The zero-order valence-electron chi connectivity index (χ0n) is 21.6. The summed E-state index contributed by atoms with van der Waals surface area (Å²) in [5, 5.41) is 0.856. The summed E-state index contributed by atoms with van der Waals surface area (Å²) < 4.78 is 41.3. The van der Waals surface area contributed by atoms with Gasteiger partial charge in [0.05, 0.1) is 28.5 Å². The van der Waals surface area contributed by atoms with Crippen LogP contribution in [0.15, 0.2) is 0 Å². The first kappa shape index (κ1) is 29.7. The van der Waals surface area contributed by atoms with Crippen LogP contribution >= 0.6 is 11.8 Å². The quantitative estimate of drug-likeness (QED) is 0.461. The van der Waals surface area contributed by atoms with E-state index in [1.807, 2.05) is 39.5 Å². The lowest BCUT2D eigenvalue weighted by atomic mass is 10.1. The van der Waals surface area contributed by atoms with Gasteiger partial charge in [0.25, 0.3) is 0 Å². The molecule has 4 heterocycles. The molecule has 0 amide bonds. The summed E-state index contributed by atoms with van der Waals surface area (Å²) >= 11 is 1.93. The second-order valence-electron chi connectivity index (χ2n) is 11.7. The van der Waals surface area contributed by atoms with Gasteiger partial charge in [-0.2, -0.15) is 11.8 Å². The van der Waals surface area contributed by atoms with E-state index >= 15 is 0 Å². The van der Waals surface area contributed by atoms with E-state index in [-0.39, 0.29) is 42.1 Å². The van der Waals surface area contributed by atoms with Crippen LogP contribution < -0.4 is 0 Å². The summed E-state index contributed by atoms with van der Waals surface area (Å²) in [6, 6.07) is 0. The molecular formula is C24H48O6S2Si. The summed E-state index contributed by atoms with van der Waals surface area (Å²) in [6.07, 6.45) is 1.46. The van der Waals surface area contributed by atoms with E-state index in [0.717, 1.165) is 18.8 Å². The Bertz CT molecular complexity index is 693. The van der Waals surface area contributed by atoms with Crippen LogP contribution in [0.4, 0.5) is 0 Å².